The first-order valence-corrected chi connectivity index (χ1v) is 11.9. The molecule has 2 atom stereocenters. The SMILES string of the molecule is Cc1nc(N2CC(NC(=O)C(C)(C)c3ccnc(C(F)(F)F)c3)CC2C(=O)O)c2oc3ccccc3c2n1. The highest BCUT2D eigenvalue weighted by Gasteiger charge is 2.42. The number of benzene rings is 1. The lowest BCUT2D eigenvalue weighted by atomic mass is 9.83. The monoisotopic (exact) mass is 527 g/mol. The van der Waals surface area contributed by atoms with Crippen LogP contribution in [0, 0.1) is 6.92 Å². The van der Waals surface area contributed by atoms with Crippen molar-refractivity contribution in [1.29, 1.82) is 0 Å². The number of pyridine rings is 1. The van der Waals surface area contributed by atoms with E-state index in [0.29, 0.717) is 28.3 Å². The second-order valence-electron chi connectivity index (χ2n) is 9.84. The van der Waals surface area contributed by atoms with Crippen LogP contribution in [0.15, 0.2) is 47.0 Å². The van der Waals surface area contributed by atoms with E-state index in [-0.39, 0.29) is 18.5 Å². The van der Waals surface area contributed by atoms with Gasteiger partial charge in [-0.05, 0) is 50.6 Å². The van der Waals surface area contributed by atoms with Gasteiger partial charge in [0.25, 0.3) is 0 Å². The number of rotatable bonds is 5. The average Bonchev–Trinajstić information content (AvgIpc) is 3.45. The smallest absolute Gasteiger partial charge is 0.433 e. The van der Waals surface area contributed by atoms with Gasteiger partial charge >= 0.3 is 12.1 Å². The molecule has 1 aliphatic heterocycles. The van der Waals surface area contributed by atoms with E-state index < -0.39 is 41.2 Å². The minimum atomic E-state index is -4.65. The second-order valence-corrected chi connectivity index (χ2v) is 9.84. The van der Waals surface area contributed by atoms with Crippen molar-refractivity contribution in [2.24, 2.45) is 0 Å². The number of furan rings is 1. The van der Waals surface area contributed by atoms with Crippen LogP contribution in [0.1, 0.15) is 37.4 Å². The van der Waals surface area contributed by atoms with Gasteiger partial charge in [-0.15, -0.1) is 0 Å². The maximum Gasteiger partial charge on any atom is 0.433 e. The molecule has 9 nitrogen and oxygen atoms in total. The molecule has 1 aromatic carbocycles. The molecule has 1 fully saturated rings. The topological polar surface area (TPSA) is 121 Å². The Bertz CT molecular complexity index is 1570. The Morgan fingerprint density at radius 3 is 2.61 bits per heavy atom. The average molecular weight is 528 g/mol. The molecule has 0 saturated carbocycles. The molecular weight excluding hydrogens is 503 g/mol. The van der Waals surface area contributed by atoms with E-state index in [9.17, 15) is 27.9 Å². The third kappa shape index (κ3) is 4.39. The van der Waals surface area contributed by atoms with Crippen LogP contribution in [0.2, 0.25) is 0 Å². The third-order valence-corrected chi connectivity index (χ3v) is 6.85. The number of fused-ring (bicyclic) bond motifs is 3. The maximum absolute atomic E-state index is 13.3. The number of carboxylic acids is 1. The number of aliphatic carboxylic acids is 1. The molecule has 4 aromatic rings. The Hall–Kier alpha value is -4.22. The summed E-state index contributed by atoms with van der Waals surface area (Å²) in [4.78, 5) is 39.4. The Balaban J connectivity index is 1.45. The molecule has 5 rings (SSSR count). The van der Waals surface area contributed by atoms with E-state index in [1.165, 1.54) is 19.9 Å². The number of hydrogen-bond acceptors (Lipinski definition) is 7. The van der Waals surface area contributed by atoms with Gasteiger partial charge in [0.1, 0.15) is 28.7 Å². The predicted molar refractivity (Wildman–Crippen MR) is 132 cm³/mol. The van der Waals surface area contributed by atoms with Crippen molar-refractivity contribution in [2.45, 2.75) is 50.9 Å². The molecule has 0 bridgehead atoms. The zero-order chi connectivity index (χ0) is 27.4. The molecule has 1 aliphatic rings. The first-order chi connectivity index (χ1) is 17.9. The molecule has 3 aromatic heterocycles. The number of aromatic nitrogens is 3. The maximum atomic E-state index is 13.3. The molecule has 4 heterocycles. The minimum Gasteiger partial charge on any atom is -0.480 e. The molecule has 12 heteroatoms. The van der Waals surface area contributed by atoms with Gasteiger partial charge in [0, 0.05) is 30.6 Å². The van der Waals surface area contributed by atoms with E-state index in [4.69, 9.17) is 4.42 Å². The highest BCUT2D eigenvalue weighted by atomic mass is 19.4. The number of para-hydroxylation sites is 1. The summed E-state index contributed by atoms with van der Waals surface area (Å²) in [7, 11) is 0. The fourth-order valence-corrected chi connectivity index (χ4v) is 4.76. The number of carboxylic acid groups (broad SMARTS) is 1. The quantitative estimate of drug-likeness (QED) is 0.396. The zero-order valence-electron chi connectivity index (χ0n) is 20.7. The summed E-state index contributed by atoms with van der Waals surface area (Å²) >= 11 is 0. The summed E-state index contributed by atoms with van der Waals surface area (Å²) in [6.45, 7) is 4.81. The largest absolute Gasteiger partial charge is 0.480 e. The summed E-state index contributed by atoms with van der Waals surface area (Å²) < 4.78 is 45.5. The molecule has 0 spiro atoms. The molecule has 38 heavy (non-hydrogen) atoms. The summed E-state index contributed by atoms with van der Waals surface area (Å²) in [5.74, 6) is -0.919. The van der Waals surface area contributed by atoms with Crippen LogP contribution >= 0.6 is 0 Å². The number of aryl methyl sites for hydroxylation is 1. The molecule has 1 amide bonds. The minimum absolute atomic E-state index is 0.0616. The molecule has 198 valence electrons. The van der Waals surface area contributed by atoms with Crippen molar-refractivity contribution < 1.29 is 32.3 Å². The standard InChI is InChI=1S/C26H24F3N5O4/c1-13-31-20-16-6-4-5-7-18(16)38-21(20)22(32-13)34-12-15(11-17(34)23(35)36)33-24(37)25(2,3)14-8-9-30-19(10-14)26(27,28)29/h4-10,15,17H,11-12H2,1-3H3,(H,33,37)(H,35,36). The van der Waals surface area contributed by atoms with Gasteiger partial charge in [0.2, 0.25) is 5.91 Å². The Morgan fingerprint density at radius 1 is 1.16 bits per heavy atom. The lowest BCUT2D eigenvalue weighted by Crippen LogP contribution is -2.46. The first kappa shape index (κ1) is 25.4. The van der Waals surface area contributed by atoms with Crippen molar-refractivity contribution in [3.63, 3.8) is 0 Å². The molecule has 0 radical (unpaired) electrons. The summed E-state index contributed by atoms with van der Waals surface area (Å²) in [6.07, 6.45) is -3.58. The molecule has 1 saturated heterocycles. The number of carbonyl (C=O) groups is 2. The number of nitrogens with zero attached hydrogens (tertiary/aromatic N) is 4. The van der Waals surface area contributed by atoms with Gasteiger partial charge in [-0.3, -0.25) is 9.78 Å². The second kappa shape index (κ2) is 8.96. The number of carbonyl (C=O) groups excluding carboxylic acids is 1. The number of hydrogen-bond donors (Lipinski definition) is 2. The highest BCUT2D eigenvalue weighted by molar-refractivity contribution is 6.06. The van der Waals surface area contributed by atoms with E-state index in [0.717, 1.165) is 17.6 Å². The first-order valence-electron chi connectivity index (χ1n) is 11.9. The van der Waals surface area contributed by atoms with Crippen LogP contribution in [0.4, 0.5) is 19.0 Å². The van der Waals surface area contributed by atoms with E-state index in [2.05, 4.69) is 20.3 Å². The Labute approximate surface area is 214 Å². The molecule has 0 aliphatic carbocycles. The van der Waals surface area contributed by atoms with Crippen molar-refractivity contribution in [2.75, 3.05) is 11.4 Å². The zero-order valence-corrected chi connectivity index (χ0v) is 20.7. The van der Waals surface area contributed by atoms with Crippen LogP contribution in [0.3, 0.4) is 0 Å². The van der Waals surface area contributed by atoms with Gasteiger partial charge in [-0.1, -0.05) is 12.1 Å². The molecular formula is C26H24F3N5O4. The van der Waals surface area contributed by atoms with Gasteiger partial charge < -0.3 is 19.7 Å². The summed E-state index contributed by atoms with van der Waals surface area (Å²) in [5, 5.41) is 13.6. The van der Waals surface area contributed by atoms with Crippen LogP contribution < -0.4 is 10.2 Å². The van der Waals surface area contributed by atoms with Crippen molar-refractivity contribution in [3.8, 4) is 0 Å². The predicted octanol–water partition coefficient (Wildman–Crippen LogP) is 4.22. The number of alkyl halides is 3. The van der Waals surface area contributed by atoms with Gasteiger partial charge in [-0.2, -0.15) is 13.2 Å². The fraction of sp³-hybridized carbons (Fsp3) is 0.346. The highest BCUT2D eigenvalue weighted by Crippen LogP contribution is 2.36. The van der Waals surface area contributed by atoms with E-state index in [1.54, 1.807) is 17.9 Å². The fourth-order valence-electron chi connectivity index (χ4n) is 4.76. The third-order valence-electron chi connectivity index (χ3n) is 6.85. The van der Waals surface area contributed by atoms with Crippen LogP contribution in [0.5, 0.6) is 0 Å². The summed E-state index contributed by atoms with van der Waals surface area (Å²) in [5.41, 5.74) is -0.824. The van der Waals surface area contributed by atoms with Crippen LogP contribution in [0.25, 0.3) is 22.1 Å². The van der Waals surface area contributed by atoms with Crippen LogP contribution in [-0.4, -0.2) is 50.6 Å². The van der Waals surface area contributed by atoms with Crippen molar-refractivity contribution in [1.82, 2.24) is 20.3 Å². The Kier molecular flexibility index (Phi) is 6.00. The van der Waals surface area contributed by atoms with E-state index >= 15 is 0 Å². The normalized spacial score (nSPS) is 18.3. The van der Waals surface area contributed by atoms with Gasteiger partial charge in [-0.25, -0.2) is 14.8 Å². The van der Waals surface area contributed by atoms with E-state index in [1.807, 2.05) is 18.2 Å². The van der Waals surface area contributed by atoms with Gasteiger partial charge in [0.15, 0.2) is 11.4 Å². The van der Waals surface area contributed by atoms with Crippen LogP contribution in [-0.2, 0) is 21.2 Å². The van der Waals surface area contributed by atoms with Gasteiger partial charge in [0.05, 0.1) is 5.41 Å². The number of nitrogens with one attached hydrogen (secondary N) is 1. The van der Waals surface area contributed by atoms with Crippen molar-refractivity contribution in [3.05, 3.63) is 59.7 Å². The number of halogens is 3. The van der Waals surface area contributed by atoms with Crippen molar-refractivity contribution >= 4 is 39.8 Å². The lowest BCUT2D eigenvalue weighted by Gasteiger charge is -2.27. The lowest BCUT2D eigenvalue weighted by molar-refractivity contribution is -0.141. The Morgan fingerprint density at radius 2 is 1.89 bits per heavy atom. The number of amides is 1. The molecule has 2 unspecified atom stereocenters. The molecule has 2 N–H and O–H groups in total. The number of anilines is 1. The summed E-state index contributed by atoms with van der Waals surface area (Å²) in [6, 6.07) is 7.87.